The average Bonchev–Trinajstić information content (AvgIpc) is 2.20. The van der Waals surface area contributed by atoms with Crippen molar-refractivity contribution in [3.63, 3.8) is 0 Å². The molecule has 20 heavy (non-hydrogen) atoms. The van der Waals surface area contributed by atoms with Gasteiger partial charge in [0.05, 0.1) is 0 Å². The molecule has 4 rings (SSSR count). The maximum Gasteiger partial charge on any atom is 0.220 e. The second kappa shape index (κ2) is 4.46. The Labute approximate surface area is 123 Å². The van der Waals surface area contributed by atoms with Gasteiger partial charge in [0.1, 0.15) is 0 Å². The van der Waals surface area contributed by atoms with Gasteiger partial charge in [0.25, 0.3) is 0 Å². The summed E-state index contributed by atoms with van der Waals surface area (Å²) >= 11 is 0. The van der Waals surface area contributed by atoms with E-state index in [0.29, 0.717) is 17.3 Å². The summed E-state index contributed by atoms with van der Waals surface area (Å²) in [4.78, 5) is 12.3. The Morgan fingerprint density at radius 1 is 1.20 bits per heavy atom. The number of rotatable bonds is 4. The SMILES string of the molecule is CC(N)CCC(=O)NC12CC3CC(C)(CC(C)(C3)C1)C2. The fourth-order valence-electron chi connectivity index (χ4n) is 6.30. The van der Waals surface area contributed by atoms with E-state index in [1.807, 2.05) is 6.92 Å². The van der Waals surface area contributed by atoms with Crippen molar-refractivity contribution in [2.24, 2.45) is 22.5 Å². The minimum atomic E-state index is 0.0951. The molecule has 1 amide bonds. The summed E-state index contributed by atoms with van der Waals surface area (Å²) in [7, 11) is 0. The Kier molecular flexibility index (Phi) is 3.20. The maximum atomic E-state index is 12.3. The third kappa shape index (κ3) is 2.61. The monoisotopic (exact) mass is 278 g/mol. The van der Waals surface area contributed by atoms with E-state index in [2.05, 4.69) is 19.2 Å². The van der Waals surface area contributed by atoms with Gasteiger partial charge in [-0.3, -0.25) is 4.79 Å². The van der Waals surface area contributed by atoms with E-state index >= 15 is 0 Å². The third-order valence-corrected chi connectivity index (χ3v) is 5.86. The van der Waals surface area contributed by atoms with Gasteiger partial charge in [-0.2, -0.15) is 0 Å². The molecule has 4 aliphatic carbocycles. The highest BCUT2D eigenvalue weighted by Gasteiger charge is 2.60. The highest BCUT2D eigenvalue weighted by atomic mass is 16.1. The quantitative estimate of drug-likeness (QED) is 0.830. The Bertz CT molecular complexity index is 399. The summed E-state index contributed by atoms with van der Waals surface area (Å²) in [6, 6.07) is 0.118. The predicted molar refractivity (Wildman–Crippen MR) is 81.2 cm³/mol. The predicted octanol–water partition coefficient (Wildman–Crippen LogP) is 2.98. The Morgan fingerprint density at radius 3 is 2.30 bits per heavy atom. The highest BCUT2D eigenvalue weighted by molar-refractivity contribution is 5.77. The van der Waals surface area contributed by atoms with Crippen LogP contribution >= 0.6 is 0 Å². The van der Waals surface area contributed by atoms with Gasteiger partial charge in [-0.1, -0.05) is 13.8 Å². The maximum absolute atomic E-state index is 12.3. The molecule has 3 N–H and O–H groups in total. The molecule has 4 bridgehead atoms. The summed E-state index contributed by atoms with van der Waals surface area (Å²) in [5.74, 6) is 1.05. The number of nitrogens with one attached hydrogen (secondary N) is 1. The lowest BCUT2D eigenvalue weighted by atomic mass is 9.43. The zero-order valence-corrected chi connectivity index (χ0v) is 13.3. The van der Waals surface area contributed by atoms with Crippen molar-refractivity contribution in [1.29, 1.82) is 0 Å². The van der Waals surface area contributed by atoms with E-state index < -0.39 is 0 Å². The second-order valence-corrected chi connectivity index (χ2v) is 8.97. The van der Waals surface area contributed by atoms with Crippen LogP contribution in [0.5, 0.6) is 0 Å². The van der Waals surface area contributed by atoms with Crippen LogP contribution in [0.15, 0.2) is 0 Å². The fourth-order valence-corrected chi connectivity index (χ4v) is 6.30. The van der Waals surface area contributed by atoms with Crippen molar-refractivity contribution >= 4 is 5.91 Å². The summed E-state index contributed by atoms with van der Waals surface area (Å²) < 4.78 is 0. The van der Waals surface area contributed by atoms with Gasteiger partial charge < -0.3 is 11.1 Å². The minimum absolute atomic E-state index is 0.0951. The molecule has 114 valence electrons. The van der Waals surface area contributed by atoms with Gasteiger partial charge in [0.2, 0.25) is 5.91 Å². The lowest BCUT2D eigenvalue weighted by molar-refractivity contribution is -0.139. The van der Waals surface area contributed by atoms with Crippen molar-refractivity contribution < 1.29 is 4.79 Å². The first-order valence-electron chi connectivity index (χ1n) is 8.28. The molecule has 0 aromatic carbocycles. The lowest BCUT2D eigenvalue weighted by Gasteiger charge is -2.65. The van der Waals surface area contributed by atoms with Crippen LogP contribution in [0.3, 0.4) is 0 Å². The highest BCUT2D eigenvalue weighted by Crippen LogP contribution is 2.66. The molecule has 0 spiro atoms. The van der Waals surface area contributed by atoms with E-state index in [1.54, 1.807) is 0 Å². The molecule has 3 unspecified atom stereocenters. The average molecular weight is 278 g/mol. The van der Waals surface area contributed by atoms with Gasteiger partial charge in [-0.25, -0.2) is 0 Å². The molecule has 4 fully saturated rings. The Hall–Kier alpha value is -0.570. The number of amides is 1. The molecular formula is C17H30N2O. The Morgan fingerprint density at radius 2 is 1.80 bits per heavy atom. The van der Waals surface area contributed by atoms with Gasteiger partial charge in [0, 0.05) is 18.0 Å². The van der Waals surface area contributed by atoms with Crippen molar-refractivity contribution in [1.82, 2.24) is 5.32 Å². The van der Waals surface area contributed by atoms with Crippen molar-refractivity contribution in [2.45, 2.75) is 83.7 Å². The molecule has 4 aliphatic rings. The van der Waals surface area contributed by atoms with Crippen LogP contribution in [-0.4, -0.2) is 17.5 Å². The molecule has 0 heterocycles. The van der Waals surface area contributed by atoms with Crippen LogP contribution < -0.4 is 11.1 Å². The van der Waals surface area contributed by atoms with Gasteiger partial charge >= 0.3 is 0 Å². The molecule has 4 saturated carbocycles. The molecule has 0 radical (unpaired) electrons. The minimum Gasteiger partial charge on any atom is -0.351 e. The largest absolute Gasteiger partial charge is 0.351 e. The van der Waals surface area contributed by atoms with Crippen LogP contribution in [0, 0.1) is 16.7 Å². The molecule has 3 nitrogen and oxygen atoms in total. The molecular weight excluding hydrogens is 248 g/mol. The molecule has 0 aliphatic heterocycles. The smallest absolute Gasteiger partial charge is 0.220 e. The summed E-state index contributed by atoms with van der Waals surface area (Å²) in [6.07, 6.45) is 9.07. The van der Waals surface area contributed by atoms with Crippen molar-refractivity contribution in [3.8, 4) is 0 Å². The van der Waals surface area contributed by atoms with Crippen molar-refractivity contribution in [2.75, 3.05) is 0 Å². The van der Waals surface area contributed by atoms with Crippen molar-refractivity contribution in [3.05, 3.63) is 0 Å². The molecule has 3 heteroatoms. The standard InChI is InChI=1S/C17H30N2O/c1-12(18)4-5-14(20)19-17-8-13-6-15(2,10-17)9-16(3,7-13)11-17/h12-13H,4-11,18H2,1-3H3,(H,19,20). The number of hydrogen-bond acceptors (Lipinski definition) is 2. The number of carbonyl (C=O) groups is 1. The molecule has 0 aromatic heterocycles. The zero-order valence-electron chi connectivity index (χ0n) is 13.3. The van der Waals surface area contributed by atoms with E-state index in [1.165, 1.54) is 38.5 Å². The summed E-state index contributed by atoms with van der Waals surface area (Å²) in [6.45, 7) is 6.86. The van der Waals surface area contributed by atoms with Crippen LogP contribution in [0.25, 0.3) is 0 Å². The van der Waals surface area contributed by atoms with Gasteiger partial charge in [-0.05, 0) is 68.6 Å². The van der Waals surface area contributed by atoms with E-state index in [0.717, 1.165) is 12.3 Å². The molecule has 0 saturated heterocycles. The van der Waals surface area contributed by atoms with Gasteiger partial charge in [0.15, 0.2) is 0 Å². The van der Waals surface area contributed by atoms with Crippen LogP contribution in [0.4, 0.5) is 0 Å². The third-order valence-electron chi connectivity index (χ3n) is 5.86. The van der Waals surface area contributed by atoms with Crippen LogP contribution in [0.1, 0.15) is 72.1 Å². The fraction of sp³-hybridized carbons (Fsp3) is 0.941. The van der Waals surface area contributed by atoms with E-state index in [9.17, 15) is 4.79 Å². The number of hydrogen-bond donors (Lipinski definition) is 2. The normalized spacial score (nSPS) is 47.3. The number of nitrogens with two attached hydrogens (primary N) is 1. The first kappa shape index (κ1) is 14.4. The summed E-state index contributed by atoms with van der Waals surface area (Å²) in [5.41, 5.74) is 6.78. The topological polar surface area (TPSA) is 55.1 Å². The van der Waals surface area contributed by atoms with E-state index in [-0.39, 0.29) is 17.5 Å². The first-order chi connectivity index (χ1) is 9.22. The lowest BCUT2D eigenvalue weighted by Crippen LogP contribution is -2.65. The van der Waals surface area contributed by atoms with Gasteiger partial charge in [-0.15, -0.1) is 0 Å². The van der Waals surface area contributed by atoms with E-state index in [4.69, 9.17) is 5.73 Å². The molecule has 3 atom stereocenters. The Balaban J connectivity index is 1.71. The second-order valence-electron chi connectivity index (χ2n) is 8.97. The zero-order chi connectivity index (χ0) is 14.6. The van der Waals surface area contributed by atoms with Crippen LogP contribution in [-0.2, 0) is 4.79 Å². The van der Waals surface area contributed by atoms with Crippen LogP contribution in [0.2, 0.25) is 0 Å². The molecule has 0 aromatic rings. The first-order valence-corrected chi connectivity index (χ1v) is 8.28. The summed E-state index contributed by atoms with van der Waals surface area (Å²) in [5, 5.41) is 3.44. The number of carbonyl (C=O) groups excluding carboxylic acids is 1.